The molecule has 0 unspecified atom stereocenters. The second kappa shape index (κ2) is 13.8. The Hall–Kier alpha value is -4.61. The van der Waals surface area contributed by atoms with Gasteiger partial charge in [0.2, 0.25) is 0 Å². The van der Waals surface area contributed by atoms with Crippen LogP contribution in [-0.2, 0) is 11.8 Å². The number of terminal acetylenes is 1. The lowest BCUT2D eigenvalue weighted by molar-refractivity contribution is -0.0693. The van der Waals surface area contributed by atoms with Gasteiger partial charge in [-0.15, -0.1) is 6.42 Å². The Morgan fingerprint density at radius 3 is 2.45 bits per heavy atom. The molecule has 0 radical (unpaired) electrons. The number of anilines is 1. The second-order valence-electron chi connectivity index (χ2n) is 17.2. The monoisotopic (exact) mass is 765 g/mol. The normalized spacial score (nSPS) is 21.3. The third-order valence-electron chi connectivity index (χ3n) is 12.7. The van der Waals surface area contributed by atoms with E-state index in [-0.39, 0.29) is 57.4 Å². The van der Waals surface area contributed by atoms with Crippen LogP contribution < -0.4 is 9.64 Å². The average molecular weight is 766 g/mol. The number of aromatic hydroxyl groups is 1. The molecule has 11 nitrogen and oxygen atoms in total. The van der Waals surface area contributed by atoms with Gasteiger partial charge in [0.25, 0.3) is 0 Å². The number of aryl methyl sites for hydroxylation is 1. The molecule has 2 N–H and O–H groups in total. The van der Waals surface area contributed by atoms with Crippen LogP contribution in [0, 0.1) is 35.3 Å². The number of ether oxygens (including phenoxy) is 2. The first-order chi connectivity index (χ1) is 26.9. The van der Waals surface area contributed by atoms with E-state index in [0.29, 0.717) is 46.1 Å². The topological polar surface area (TPSA) is 112 Å². The van der Waals surface area contributed by atoms with E-state index in [4.69, 9.17) is 31.0 Å². The molecule has 3 aromatic carbocycles. The standard InChI is InChI=1S/C43H49F2N7O4/c1-6-30-33(44)11-8-25-16-29(53)17-31(34(25)30)35-37(45)39-36(32-22-49(4)48-38(32)35)40(52-27-9-10-28(52)21-50(20-27)14-7-15-55-5)47-41(46-39)56-24-43(12-13-43)23-51-18-26(19-51)42(2,3)54/h1,8,11,16-17,22,26-28,53-54H,7,9-10,12-15,18-21,23-24H2,2-5H3/t27-,28+. The molecule has 3 aliphatic heterocycles. The minimum atomic E-state index is -0.710. The molecular weight excluding hydrogens is 717 g/mol. The van der Waals surface area contributed by atoms with Crippen LogP contribution in [0.25, 0.3) is 43.7 Å². The number of phenols is 1. The molecule has 3 saturated heterocycles. The molecule has 1 aliphatic carbocycles. The van der Waals surface area contributed by atoms with Crippen molar-refractivity contribution in [3.8, 4) is 35.2 Å². The minimum Gasteiger partial charge on any atom is -0.508 e. The van der Waals surface area contributed by atoms with Gasteiger partial charge >= 0.3 is 6.01 Å². The molecule has 56 heavy (non-hydrogen) atoms. The molecule has 0 amide bonds. The first-order valence-electron chi connectivity index (χ1n) is 19.7. The number of methoxy groups -OCH3 is 1. The maximum absolute atomic E-state index is 17.8. The zero-order valence-electron chi connectivity index (χ0n) is 32.5. The number of benzene rings is 3. The van der Waals surface area contributed by atoms with Crippen molar-refractivity contribution in [2.45, 2.75) is 63.6 Å². The van der Waals surface area contributed by atoms with Gasteiger partial charge in [-0.1, -0.05) is 12.0 Å². The Balaban J connectivity index is 1.18. The molecule has 294 valence electrons. The van der Waals surface area contributed by atoms with Crippen LogP contribution in [0.15, 0.2) is 30.5 Å². The first kappa shape index (κ1) is 37.0. The van der Waals surface area contributed by atoms with Crippen LogP contribution in [0.3, 0.4) is 0 Å². The van der Waals surface area contributed by atoms with E-state index in [1.54, 1.807) is 18.8 Å². The Morgan fingerprint density at radius 1 is 1.02 bits per heavy atom. The molecule has 5 heterocycles. The van der Waals surface area contributed by atoms with Crippen LogP contribution in [0.5, 0.6) is 11.8 Å². The van der Waals surface area contributed by atoms with Crippen molar-refractivity contribution in [2.24, 2.45) is 18.4 Å². The third kappa shape index (κ3) is 6.40. The highest BCUT2D eigenvalue weighted by molar-refractivity contribution is 6.18. The van der Waals surface area contributed by atoms with Crippen molar-refractivity contribution >= 4 is 38.4 Å². The smallest absolute Gasteiger partial charge is 0.319 e. The van der Waals surface area contributed by atoms with Crippen molar-refractivity contribution in [1.29, 1.82) is 0 Å². The number of fused-ring (bicyclic) bond motifs is 6. The lowest BCUT2D eigenvalue weighted by atomic mass is 9.84. The number of rotatable bonds is 12. The Bertz CT molecular complexity index is 2380. The Labute approximate surface area is 325 Å². The lowest BCUT2D eigenvalue weighted by Gasteiger charge is -2.46. The zero-order chi connectivity index (χ0) is 39.1. The third-order valence-corrected chi connectivity index (χ3v) is 12.7. The molecule has 4 fully saturated rings. The summed E-state index contributed by atoms with van der Waals surface area (Å²) >= 11 is 0. The van der Waals surface area contributed by atoms with E-state index >= 15 is 8.78 Å². The van der Waals surface area contributed by atoms with Crippen LogP contribution in [0.2, 0.25) is 0 Å². The van der Waals surface area contributed by atoms with Gasteiger partial charge in [-0.3, -0.25) is 9.58 Å². The molecule has 2 aromatic heterocycles. The number of hydrogen-bond donors (Lipinski definition) is 2. The molecule has 4 aliphatic rings. The highest BCUT2D eigenvalue weighted by Gasteiger charge is 2.49. The maximum atomic E-state index is 17.8. The molecule has 0 spiro atoms. The first-order valence-corrected chi connectivity index (χ1v) is 19.7. The number of halogens is 2. The van der Waals surface area contributed by atoms with E-state index in [0.717, 1.165) is 71.4 Å². The van der Waals surface area contributed by atoms with Gasteiger partial charge in [-0.2, -0.15) is 15.1 Å². The summed E-state index contributed by atoms with van der Waals surface area (Å²) in [7, 11) is 3.50. The zero-order valence-corrected chi connectivity index (χ0v) is 32.5. The van der Waals surface area contributed by atoms with Crippen LogP contribution in [0.1, 0.15) is 51.5 Å². The highest BCUT2D eigenvalue weighted by atomic mass is 19.1. The van der Waals surface area contributed by atoms with Crippen LogP contribution >= 0.6 is 0 Å². The summed E-state index contributed by atoms with van der Waals surface area (Å²) in [5.41, 5.74) is -0.121. The SMILES string of the molecule is C#Cc1c(F)ccc2cc(O)cc(-c3c(F)c4nc(OCC5(CN6CC(C(C)(C)O)C6)CC5)nc(N5[C@@H]6CC[C@H]5CN(CCCOC)C6)c4c4cn(C)nc34)c12. The van der Waals surface area contributed by atoms with Gasteiger partial charge in [0.15, 0.2) is 5.82 Å². The van der Waals surface area contributed by atoms with Crippen molar-refractivity contribution in [1.82, 2.24) is 29.5 Å². The molecule has 9 rings (SSSR count). The summed E-state index contributed by atoms with van der Waals surface area (Å²) in [6.45, 7) is 9.98. The fourth-order valence-electron chi connectivity index (χ4n) is 9.49. The molecule has 13 heteroatoms. The number of aromatic nitrogens is 4. The van der Waals surface area contributed by atoms with E-state index in [9.17, 15) is 10.2 Å². The van der Waals surface area contributed by atoms with E-state index in [1.807, 2.05) is 20.0 Å². The molecule has 5 aromatic rings. The minimum absolute atomic E-state index is 0.0285. The fraction of sp³-hybridized carbons (Fsp3) is 0.512. The van der Waals surface area contributed by atoms with Gasteiger partial charge in [0.1, 0.15) is 28.4 Å². The number of hydrogen-bond acceptors (Lipinski definition) is 10. The van der Waals surface area contributed by atoms with Gasteiger partial charge < -0.3 is 29.5 Å². The van der Waals surface area contributed by atoms with Gasteiger partial charge in [-0.05, 0) is 75.1 Å². The molecule has 2 atom stereocenters. The van der Waals surface area contributed by atoms with Gasteiger partial charge in [0, 0.05) is 106 Å². The average Bonchev–Trinajstić information content (AvgIpc) is 3.72. The highest BCUT2D eigenvalue weighted by Crippen LogP contribution is 2.49. The van der Waals surface area contributed by atoms with E-state index in [2.05, 4.69) is 20.6 Å². The predicted octanol–water partition coefficient (Wildman–Crippen LogP) is 5.85. The van der Waals surface area contributed by atoms with Crippen molar-refractivity contribution < 1.29 is 28.5 Å². The Morgan fingerprint density at radius 2 is 1.77 bits per heavy atom. The summed E-state index contributed by atoms with van der Waals surface area (Å²) in [4.78, 5) is 17.2. The number of likely N-dealkylation sites (tertiary alicyclic amines) is 2. The summed E-state index contributed by atoms with van der Waals surface area (Å²) in [6, 6.07) is 6.09. The lowest BCUT2D eigenvalue weighted by Crippen LogP contribution is -2.57. The predicted molar refractivity (Wildman–Crippen MR) is 212 cm³/mol. The fourth-order valence-corrected chi connectivity index (χ4v) is 9.49. The van der Waals surface area contributed by atoms with E-state index in [1.165, 1.54) is 24.3 Å². The van der Waals surface area contributed by atoms with Crippen molar-refractivity contribution in [3.05, 3.63) is 47.7 Å². The summed E-state index contributed by atoms with van der Waals surface area (Å²) in [5, 5.41) is 28.1. The van der Waals surface area contributed by atoms with Crippen LogP contribution in [-0.4, -0.2) is 117 Å². The largest absolute Gasteiger partial charge is 0.508 e. The molecule has 1 saturated carbocycles. The second-order valence-corrected chi connectivity index (χ2v) is 17.2. The van der Waals surface area contributed by atoms with E-state index < -0.39 is 17.2 Å². The summed E-state index contributed by atoms with van der Waals surface area (Å²) in [5.74, 6) is 1.90. The van der Waals surface area contributed by atoms with Crippen molar-refractivity contribution in [3.63, 3.8) is 0 Å². The Kier molecular flexibility index (Phi) is 9.11. The van der Waals surface area contributed by atoms with Gasteiger partial charge in [-0.25, -0.2) is 8.78 Å². The summed E-state index contributed by atoms with van der Waals surface area (Å²) in [6.07, 6.45) is 12.6. The maximum Gasteiger partial charge on any atom is 0.319 e. The number of aliphatic hydroxyl groups is 1. The summed E-state index contributed by atoms with van der Waals surface area (Å²) < 4.78 is 46.6. The van der Waals surface area contributed by atoms with Crippen molar-refractivity contribution in [2.75, 3.05) is 64.5 Å². The molecular formula is C43H49F2N7O4. The van der Waals surface area contributed by atoms with Crippen LogP contribution in [0.4, 0.5) is 14.6 Å². The number of nitrogens with zero attached hydrogens (tertiary/aromatic N) is 7. The quantitative estimate of drug-likeness (QED) is 0.119. The van der Waals surface area contributed by atoms with Gasteiger partial charge in [0.05, 0.1) is 23.2 Å². The molecule has 2 bridgehead atoms. The number of phenolic OH excluding ortho intramolecular Hbond substituents is 1. The number of piperazine rings is 1.